The van der Waals surface area contributed by atoms with E-state index in [1.165, 1.54) is 22.3 Å². The highest BCUT2D eigenvalue weighted by Crippen LogP contribution is 2.44. The summed E-state index contributed by atoms with van der Waals surface area (Å²) in [5, 5.41) is 11.9. The molecule has 0 unspecified atom stereocenters. The number of benzene rings is 6. The highest BCUT2D eigenvalue weighted by molar-refractivity contribution is 5.97. The molecule has 6 aromatic carbocycles. The van der Waals surface area contributed by atoms with Crippen LogP contribution in [0.15, 0.2) is 146 Å². The number of rotatable bonds is 6. The summed E-state index contributed by atoms with van der Waals surface area (Å²) in [6, 6.07) is 49.5. The van der Waals surface area contributed by atoms with Crippen molar-refractivity contribution in [1.82, 2.24) is 14.5 Å². The molecule has 0 atom stereocenters. The lowest BCUT2D eigenvalue weighted by atomic mass is 9.79. The number of para-hydroxylation sites is 1. The van der Waals surface area contributed by atoms with Crippen LogP contribution in [0.3, 0.4) is 0 Å². The SMILES string of the molecule is Cc1cnc(-c2cc(-c3ccc(-c4ccccc4)cc3)cc(-c3cccc4c3nc(-c3cc(C(C)(C)C)cc(C(C)(C)C)c3O)n4C)c2)cc1-c1ccccc1. The molecule has 0 saturated heterocycles. The Morgan fingerprint density at radius 1 is 0.518 bits per heavy atom. The minimum absolute atomic E-state index is 0.112. The van der Waals surface area contributed by atoms with Crippen LogP contribution in [0.25, 0.3) is 78.2 Å². The molecule has 0 aliphatic rings. The van der Waals surface area contributed by atoms with E-state index in [0.29, 0.717) is 0 Å². The topological polar surface area (TPSA) is 50.9 Å². The number of nitrogens with zero attached hydrogens (tertiary/aromatic N) is 3. The van der Waals surface area contributed by atoms with Gasteiger partial charge in [-0.25, -0.2) is 4.98 Å². The molecule has 278 valence electrons. The van der Waals surface area contributed by atoms with Crippen molar-refractivity contribution in [2.75, 3.05) is 0 Å². The van der Waals surface area contributed by atoms with Gasteiger partial charge in [0.2, 0.25) is 0 Å². The Bertz CT molecular complexity index is 2710. The molecular weight excluding hydrogens is 683 g/mol. The monoisotopic (exact) mass is 731 g/mol. The van der Waals surface area contributed by atoms with E-state index in [4.69, 9.17) is 9.97 Å². The summed E-state index contributed by atoms with van der Waals surface area (Å²) in [6.07, 6.45) is 1.98. The maximum absolute atomic E-state index is 11.9. The van der Waals surface area contributed by atoms with Crippen LogP contribution in [0, 0.1) is 6.92 Å². The molecule has 0 radical (unpaired) electrons. The number of aromatic hydroxyl groups is 1. The molecule has 0 aliphatic heterocycles. The van der Waals surface area contributed by atoms with Crippen LogP contribution in [0.4, 0.5) is 0 Å². The van der Waals surface area contributed by atoms with Crippen molar-refractivity contribution in [1.29, 1.82) is 0 Å². The normalized spacial score (nSPS) is 12.0. The largest absolute Gasteiger partial charge is 0.507 e. The summed E-state index contributed by atoms with van der Waals surface area (Å²) in [7, 11) is 2.05. The second-order valence-electron chi connectivity index (χ2n) is 17.1. The van der Waals surface area contributed by atoms with Crippen molar-refractivity contribution >= 4 is 11.0 Å². The molecule has 0 saturated carbocycles. The number of phenolic OH excluding ortho intramolecular Hbond substituents is 1. The third kappa shape index (κ3) is 6.92. The van der Waals surface area contributed by atoms with Gasteiger partial charge in [0, 0.05) is 29.9 Å². The fourth-order valence-electron chi connectivity index (χ4n) is 7.69. The smallest absolute Gasteiger partial charge is 0.144 e. The molecule has 8 aromatic rings. The van der Waals surface area contributed by atoms with Crippen molar-refractivity contribution in [3.63, 3.8) is 0 Å². The Morgan fingerprint density at radius 3 is 1.75 bits per heavy atom. The number of phenols is 1. The van der Waals surface area contributed by atoms with E-state index < -0.39 is 0 Å². The summed E-state index contributed by atoms with van der Waals surface area (Å²) in [5.74, 6) is 1.02. The van der Waals surface area contributed by atoms with E-state index in [2.05, 4.69) is 186 Å². The number of aromatic nitrogens is 3. The lowest BCUT2D eigenvalue weighted by molar-refractivity contribution is 0.446. The molecule has 2 aromatic heterocycles. The number of imidazole rings is 1. The molecule has 0 fully saturated rings. The minimum Gasteiger partial charge on any atom is -0.507 e. The van der Waals surface area contributed by atoms with Gasteiger partial charge in [0.05, 0.1) is 22.3 Å². The van der Waals surface area contributed by atoms with Gasteiger partial charge in [-0.15, -0.1) is 0 Å². The summed E-state index contributed by atoms with van der Waals surface area (Å²) in [6.45, 7) is 15.2. The van der Waals surface area contributed by atoms with E-state index >= 15 is 0 Å². The van der Waals surface area contributed by atoms with Gasteiger partial charge < -0.3 is 9.67 Å². The lowest BCUT2D eigenvalue weighted by Gasteiger charge is -2.27. The van der Waals surface area contributed by atoms with Gasteiger partial charge in [-0.2, -0.15) is 0 Å². The molecular formula is C52H49N3O. The summed E-state index contributed by atoms with van der Waals surface area (Å²) >= 11 is 0. The molecule has 4 nitrogen and oxygen atoms in total. The third-order valence-corrected chi connectivity index (χ3v) is 11.0. The van der Waals surface area contributed by atoms with Crippen LogP contribution in [0.1, 0.15) is 58.2 Å². The first-order valence-corrected chi connectivity index (χ1v) is 19.4. The molecule has 56 heavy (non-hydrogen) atoms. The van der Waals surface area contributed by atoms with Crippen molar-refractivity contribution < 1.29 is 5.11 Å². The molecule has 1 N–H and O–H groups in total. The van der Waals surface area contributed by atoms with Crippen LogP contribution in [0.5, 0.6) is 5.75 Å². The summed E-state index contributed by atoms with van der Waals surface area (Å²) < 4.78 is 2.12. The minimum atomic E-state index is -0.254. The second-order valence-corrected chi connectivity index (χ2v) is 17.1. The zero-order valence-corrected chi connectivity index (χ0v) is 33.6. The van der Waals surface area contributed by atoms with E-state index in [-0.39, 0.29) is 16.6 Å². The van der Waals surface area contributed by atoms with E-state index in [9.17, 15) is 5.11 Å². The van der Waals surface area contributed by atoms with Gasteiger partial charge in [0.1, 0.15) is 11.6 Å². The molecule has 8 rings (SSSR count). The Hall–Kier alpha value is -6.26. The van der Waals surface area contributed by atoms with E-state index in [1.54, 1.807) is 0 Å². The highest BCUT2D eigenvalue weighted by atomic mass is 16.3. The predicted molar refractivity (Wildman–Crippen MR) is 235 cm³/mol. The number of fused-ring (bicyclic) bond motifs is 1. The maximum Gasteiger partial charge on any atom is 0.144 e. The number of hydrogen-bond donors (Lipinski definition) is 1. The fourth-order valence-corrected chi connectivity index (χ4v) is 7.69. The van der Waals surface area contributed by atoms with Crippen LogP contribution >= 0.6 is 0 Å². The molecule has 0 spiro atoms. The van der Waals surface area contributed by atoms with Crippen LogP contribution in [0.2, 0.25) is 0 Å². The average molecular weight is 732 g/mol. The lowest BCUT2D eigenvalue weighted by Crippen LogP contribution is -2.17. The Kier molecular flexibility index (Phi) is 9.25. The standard InChI is InChI=1S/C52H49N3O/c1-33-32-53-46(31-43(33)37-18-13-10-14-19-37)40-27-38(36-24-22-35(23-25-36)34-16-11-9-12-17-34)26-39(28-40)42-20-15-21-47-48(42)54-50(55(47)8)44-29-41(51(2,3)4)30-45(49(44)56)52(5,6)7/h9-32,56H,1-8H3. The van der Waals surface area contributed by atoms with Crippen LogP contribution < -0.4 is 0 Å². The molecule has 0 bridgehead atoms. The van der Waals surface area contributed by atoms with Crippen molar-refractivity contribution in [2.45, 2.75) is 59.3 Å². The Morgan fingerprint density at radius 2 is 1.11 bits per heavy atom. The number of hydrogen-bond acceptors (Lipinski definition) is 3. The first kappa shape index (κ1) is 36.7. The quantitative estimate of drug-likeness (QED) is 0.185. The first-order valence-electron chi connectivity index (χ1n) is 19.4. The fraction of sp³-hybridized carbons (Fsp3) is 0.192. The zero-order chi connectivity index (χ0) is 39.4. The first-order chi connectivity index (χ1) is 26.8. The van der Waals surface area contributed by atoms with Gasteiger partial charge in [0.15, 0.2) is 0 Å². The Labute approximate surface area is 331 Å². The molecule has 0 aliphatic carbocycles. The van der Waals surface area contributed by atoms with Crippen molar-refractivity contribution in [2.24, 2.45) is 7.05 Å². The average Bonchev–Trinajstić information content (AvgIpc) is 3.53. The van der Waals surface area contributed by atoms with Gasteiger partial charge in [0.25, 0.3) is 0 Å². The number of aryl methyl sites for hydroxylation is 2. The third-order valence-electron chi connectivity index (χ3n) is 11.0. The highest BCUT2D eigenvalue weighted by Gasteiger charge is 2.27. The second kappa shape index (κ2) is 14.1. The van der Waals surface area contributed by atoms with Gasteiger partial charge >= 0.3 is 0 Å². The Balaban J connectivity index is 1.33. The molecule has 4 heteroatoms. The van der Waals surface area contributed by atoms with Gasteiger partial charge in [-0.1, -0.05) is 145 Å². The maximum atomic E-state index is 11.9. The molecule has 0 amide bonds. The predicted octanol–water partition coefficient (Wildman–Crippen LogP) is 13.6. The van der Waals surface area contributed by atoms with Crippen molar-refractivity contribution in [3.05, 3.63) is 162 Å². The van der Waals surface area contributed by atoms with E-state index in [0.717, 1.165) is 72.6 Å². The summed E-state index contributed by atoms with van der Waals surface area (Å²) in [5.41, 5.74) is 16.4. The zero-order valence-electron chi connectivity index (χ0n) is 33.6. The van der Waals surface area contributed by atoms with E-state index in [1.807, 2.05) is 19.3 Å². The van der Waals surface area contributed by atoms with Gasteiger partial charge in [-0.3, -0.25) is 4.98 Å². The summed E-state index contributed by atoms with van der Waals surface area (Å²) in [4.78, 5) is 10.4. The number of pyridine rings is 1. The van der Waals surface area contributed by atoms with Crippen LogP contribution in [-0.4, -0.2) is 19.6 Å². The van der Waals surface area contributed by atoms with Gasteiger partial charge in [-0.05, 0) is 104 Å². The van der Waals surface area contributed by atoms with Crippen LogP contribution in [-0.2, 0) is 17.9 Å². The van der Waals surface area contributed by atoms with Crippen molar-refractivity contribution in [3.8, 4) is 72.9 Å². The molecule has 2 heterocycles.